The smallest absolute Gasteiger partial charge is 0.326 e. The van der Waals surface area contributed by atoms with Crippen LogP contribution < -0.4 is 10.6 Å². The van der Waals surface area contributed by atoms with Gasteiger partial charge in [-0.1, -0.05) is 20.8 Å². The maximum atomic E-state index is 11.8. The van der Waals surface area contributed by atoms with Gasteiger partial charge in [-0.3, -0.25) is 0 Å². The Morgan fingerprint density at radius 2 is 2.00 bits per heavy atom. The van der Waals surface area contributed by atoms with E-state index in [-0.39, 0.29) is 6.04 Å². The molecule has 1 heterocycles. The van der Waals surface area contributed by atoms with E-state index in [1.807, 2.05) is 13.0 Å². The minimum absolute atomic E-state index is 0.157. The number of rotatable bonds is 5. The molecule has 6 heteroatoms. The van der Waals surface area contributed by atoms with Gasteiger partial charge in [-0.15, -0.1) is 0 Å². The van der Waals surface area contributed by atoms with Gasteiger partial charge in [0.25, 0.3) is 0 Å². The normalized spacial score (nSPS) is 14.4. The summed E-state index contributed by atoms with van der Waals surface area (Å²) < 4.78 is 5.19. The van der Waals surface area contributed by atoms with Gasteiger partial charge in [0.05, 0.1) is 6.26 Å². The molecular weight excluding hydrogens is 260 g/mol. The lowest BCUT2D eigenvalue weighted by Crippen LogP contribution is -2.53. The molecule has 0 aliphatic carbocycles. The fraction of sp³-hybridized carbons (Fsp3) is 0.571. The Morgan fingerprint density at radius 3 is 2.45 bits per heavy atom. The van der Waals surface area contributed by atoms with E-state index in [1.54, 1.807) is 33.1 Å². The fourth-order valence-electron chi connectivity index (χ4n) is 1.83. The number of furan rings is 1. The molecule has 0 radical (unpaired) electrons. The molecule has 6 nitrogen and oxygen atoms in total. The Kier molecular flexibility index (Phi) is 5.19. The highest BCUT2D eigenvalue weighted by molar-refractivity contribution is 5.83. The highest BCUT2D eigenvalue weighted by Gasteiger charge is 2.32. The molecule has 0 saturated carbocycles. The molecule has 20 heavy (non-hydrogen) atoms. The fourth-order valence-corrected chi connectivity index (χ4v) is 1.83. The number of aliphatic carboxylic acids is 1. The predicted octanol–water partition coefficient (Wildman–Crippen LogP) is 2.01. The number of carboxylic acids is 1. The van der Waals surface area contributed by atoms with Crippen molar-refractivity contribution < 1.29 is 19.1 Å². The topological polar surface area (TPSA) is 91.6 Å². The van der Waals surface area contributed by atoms with Crippen LogP contribution in [0.5, 0.6) is 0 Å². The standard InChI is InChI=1S/C14H22N2O4/c1-9(8-10-6-5-7-20-10)15-13(19)16-11(12(17)18)14(2,3)4/h5-7,9,11H,8H2,1-4H3,(H,17,18)(H2,15,16,19)/t9?,11-/m1/s1. The lowest BCUT2D eigenvalue weighted by atomic mass is 9.87. The van der Waals surface area contributed by atoms with E-state index >= 15 is 0 Å². The molecule has 0 bridgehead atoms. The monoisotopic (exact) mass is 282 g/mol. The Hall–Kier alpha value is -1.98. The van der Waals surface area contributed by atoms with Crippen LogP contribution >= 0.6 is 0 Å². The van der Waals surface area contributed by atoms with Gasteiger partial charge >= 0.3 is 12.0 Å². The number of carbonyl (C=O) groups excluding carboxylic acids is 1. The van der Waals surface area contributed by atoms with E-state index in [0.717, 1.165) is 5.76 Å². The van der Waals surface area contributed by atoms with Gasteiger partial charge in [-0.2, -0.15) is 0 Å². The van der Waals surface area contributed by atoms with Crippen LogP contribution in [-0.4, -0.2) is 29.2 Å². The zero-order chi connectivity index (χ0) is 15.3. The van der Waals surface area contributed by atoms with Crippen LogP contribution in [-0.2, 0) is 11.2 Å². The molecule has 1 aromatic heterocycles. The molecule has 0 saturated heterocycles. The summed E-state index contributed by atoms with van der Waals surface area (Å²) in [6, 6.07) is 2.01. The quantitative estimate of drug-likeness (QED) is 0.770. The summed E-state index contributed by atoms with van der Waals surface area (Å²) in [6.45, 7) is 7.12. The summed E-state index contributed by atoms with van der Waals surface area (Å²) in [5.74, 6) is -0.283. The van der Waals surface area contributed by atoms with Gasteiger partial charge in [0.1, 0.15) is 11.8 Å². The lowest BCUT2D eigenvalue weighted by molar-refractivity contribution is -0.141. The highest BCUT2D eigenvalue weighted by atomic mass is 16.4. The second-order valence-electron chi connectivity index (χ2n) is 5.94. The molecule has 1 unspecified atom stereocenters. The summed E-state index contributed by atoms with van der Waals surface area (Å²) in [5, 5.41) is 14.3. The average molecular weight is 282 g/mol. The second kappa shape index (κ2) is 6.45. The van der Waals surface area contributed by atoms with Crippen molar-refractivity contribution in [3.8, 4) is 0 Å². The molecule has 1 rings (SSSR count). The molecule has 3 N–H and O–H groups in total. The van der Waals surface area contributed by atoms with Gasteiger partial charge in [0.15, 0.2) is 0 Å². The van der Waals surface area contributed by atoms with Gasteiger partial charge in [-0.25, -0.2) is 9.59 Å². The lowest BCUT2D eigenvalue weighted by Gasteiger charge is -2.28. The second-order valence-corrected chi connectivity index (χ2v) is 5.94. The summed E-state index contributed by atoms with van der Waals surface area (Å²) >= 11 is 0. The van der Waals surface area contributed by atoms with Crippen LogP contribution in [0.1, 0.15) is 33.5 Å². The van der Waals surface area contributed by atoms with E-state index in [9.17, 15) is 9.59 Å². The van der Waals surface area contributed by atoms with Crippen LogP contribution in [0.3, 0.4) is 0 Å². The molecule has 0 spiro atoms. The van der Waals surface area contributed by atoms with E-state index in [0.29, 0.717) is 6.42 Å². The summed E-state index contributed by atoms with van der Waals surface area (Å²) in [4.78, 5) is 23.0. The zero-order valence-corrected chi connectivity index (χ0v) is 12.3. The van der Waals surface area contributed by atoms with Crippen LogP contribution in [0.25, 0.3) is 0 Å². The van der Waals surface area contributed by atoms with E-state index in [1.165, 1.54) is 0 Å². The summed E-state index contributed by atoms with van der Waals surface area (Å²) in [6.07, 6.45) is 2.12. The van der Waals surface area contributed by atoms with Gasteiger partial charge in [-0.05, 0) is 24.5 Å². The zero-order valence-electron chi connectivity index (χ0n) is 12.3. The van der Waals surface area contributed by atoms with Crippen molar-refractivity contribution in [3.63, 3.8) is 0 Å². The molecule has 0 aromatic carbocycles. The molecule has 0 aliphatic rings. The van der Waals surface area contributed by atoms with Crippen molar-refractivity contribution in [3.05, 3.63) is 24.2 Å². The number of urea groups is 1. The SMILES string of the molecule is CC(Cc1ccco1)NC(=O)N[C@H](C(=O)O)C(C)(C)C. The highest BCUT2D eigenvalue weighted by Crippen LogP contribution is 2.19. The van der Waals surface area contributed by atoms with Gasteiger partial charge < -0.3 is 20.2 Å². The van der Waals surface area contributed by atoms with Gasteiger partial charge in [0.2, 0.25) is 0 Å². The molecule has 0 fully saturated rings. The number of hydrogen-bond donors (Lipinski definition) is 3. The third-order valence-electron chi connectivity index (χ3n) is 2.85. The van der Waals surface area contributed by atoms with Crippen molar-refractivity contribution in [2.75, 3.05) is 0 Å². The van der Waals surface area contributed by atoms with Crippen molar-refractivity contribution in [2.24, 2.45) is 5.41 Å². The van der Waals surface area contributed by atoms with Crippen LogP contribution in [0.15, 0.2) is 22.8 Å². The number of nitrogens with one attached hydrogen (secondary N) is 2. The number of carbonyl (C=O) groups is 2. The van der Waals surface area contributed by atoms with Crippen molar-refractivity contribution in [2.45, 2.75) is 46.2 Å². The Labute approximate surface area is 118 Å². The van der Waals surface area contributed by atoms with E-state index in [2.05, 4.69) is 10.6 Å². The average Bonchev–Trinajstić information content (AvgIpc) is 2.76. The van der Waals surface area contributed by atoms with E-state index < -0.39 is 23.5 Å². The molecule has 2 atom stereocenters. The third kappa shape index (κ3) is 4.95. The Balaban J connectivity index is 2.51. The van der Waals surface area contributed by atoms with Crippen molar-refractivity contribution in [1.82, 2.24) is 10.6 Å². The molecular formula is C14H22N2O4. The first-order chi connectivity index (χ1) is 9.20. The number of carboxylic acid groups (broad SMARTS) is 1. The van der Waals surface area contributed by atoms with Crippen LogP contribution in [0, 0.1) is 5.41 Å². The summed E-state index contributed by atoms with van der Waals surface area (Å²) in [7, 11) is 0. The van der Waals surface area contributed by atoms with E-state index in [4.69, 9.17) is 9.52 Å². The summed E-state index contributed by atoms with van der Waals surface area (Å²) in [5.41, 5.74) is -0.562. The first-order valence-electron chi connectivity index (χ1n) is 6.52. The molecule has 1 aromatic rings. The van der Waals surface area contributed by atoms with Gasteiger partial charge in [0, 0.05) is 12.5 Å². The number of hydrogen-bond acceptors (Lipinski definition) is 3. The Bertz CT molecular complexity index is 448. The predicted molar refractivity (Wildman–Crippen MR) is 74.4 cm³/mol. The van der Waals surface area contributed by atoms with Crippen molar-refractivity contribution >= 4 is 12.0 Å². The minimum Gasteiger partial charge on any atom is -0.480 e. The third-order valence-corrected chi connectivity index (χ3v) is 2.85. The molecule has 2 amide bonds. The maximum absolute atomic E-state index is 11.8. The molecule has 0 aliphatic heterocycles. The van der Waals surface area contributed by atoms with Crippen LogP contribution in [0.4, 0.5) is 4.79 Å². The molecule has 112 valence electrons. The first kappa shape index (κ1) is 16.1. The minimum atomic E-state index is -1.05. The van der Waals surface area contributed by atoms with Crippen molar-refractivity contribution in [1.29, 1.82) is 0 Å². The maximum Gasteiger partial charge on any atom is 0.326 e. The number of amides is 2. The van der Waals surface area contributed by atoms with Crippen LogP contribution in [0.2, 0.25) is 0 Å². The first-order valence-corrected chi connectivity index (χ1v) is 6.52. The Morgan fingerprint density at radius 1 is 1.35 bits per heavy atom. The largest absolute Gasteiger partial charge is 0.480 e.